The maximum atomic E-state index is 11.6. The molecule has 1 aliphatic carbocycles. The summed E-state index contributed by atoms with van der Waals surface area (Å²) < 4.78 is -0.518. The van der Waals surface area contributed by atoms with Crippen molar-refractivity contribution in [3.05, 3.63) is 0 Å². The molecular weight excluding hydrogens is 246 g/mol. The molecule has 1 fully saturated rings. The second-order valence-corrected chi connectivity index (χ2v) is 6.41. The summed E-state index contributed by atoms with van der Waals surface area (Å²) in [7, 11) is 0. The van der Waals surface area contributed by atoms with E-state index in [2.05, 4.69) is 21.2 Å². The molecule has 0 radical (unpaired) electrons. The summed E-state index contributed by atoms with van der Waals surface area (Å²) in [4.78, 5) is 11.6. The molecule has 82 valence electrons. The van der Waals surface area contributed by atoms with Crippen LogP contribution in [-0.4, -0.2) is 28.0 Å². The number of nitrogens with one attached hydrogen (secondary N) is 1. The van der Waals surface area contributed by atoms with Gasteiger partial charge in [-0.15, -0.1) is 0 Å². The number of alkyl halides is 1. The third-order valence-electron chi connectivity index (χ3n) is 2.75. The van der Waals surface area contributed by atoms with E-state index in [1.807, 2.05) is 13.8 Å². The van der Waals surface area contributed by atoms with Crippen LogP contribution in [0.4, 0.5) is 0 Å². The zero-order valence-electron chi connectivity index (χ0n) is 8.72. The molecule has 0 spiro atoms. The van der Waals surface area contributed by atoms with Crippen LogP contribution in [0.5, 0.6) is 0 Å². The van der Waals surface area contributed by atoms with Crippen LogP contribution in [0.2, 0.25) is 0 Å². The van der Waals surface area contributed by atoms with Crippen molar-refractivity contribution in [1.82, 2.24) is 5.32 Å². The van der Waals surface area contributed by atoms with Gasteiger partial charge in [-0.2, -0.15) is 0 Å². The second-order valence-electron chi connectivity index (χ2n) is 4.43. The summed E-state index contributed by atoms with van der Waals surface area (Å²) in [5.74, 6) is 0.247. The molecule has 0 aromatic carbocycles. The van der Waals surface area contributed by atoms with E-state index in [0.29, 0.717) is 0 Å². The zero-order valence-corrected chi connectivity index (χ0v) is 10.3. The van der Waals surface area contributed by atoms with Gasteiger partial charge in [0, 0.05) is 18.6 Å². The van der Waals surface area contributed by atoms with E-state index in [0.717, 1.165) is 19.3 Å². The summed E-state index contributed by atoms with van der Waals surface area (Å²) >= 11 is 3.32. The molecule has 3 nitrogen and oxygen atoms in total. The number of hydrogen-bond acceptors (Lipinski definition) is 2. The van der Waals surface area contributed by atoms with E-state index in [4.69, 9.17) is 5.11 Å². The summed E-state index contributed by atoms with van der Waals surface area (Å²) in [6.45, 7) is 3.82. The average molecular weight is 264 g/mol. The molecule has 1 aliphatic rings. The third-order valence-corrected chi connectivity index (χ3v) is 3.11. The number of rotatable bonds is 3. The molecular formula is C10H18BrNO2. The summed E-state index contributed by atoms with van der Waals surface area (Å²) in [5.41, 5.74) is 0. The Morgan fingerprint density at radius 2 is 2.21 bits per heavy atom. The first-order valence-electron chi connectivity index (χ1n) is 5.06. The molecule has 2 atom stereocenters. The number of aliphatic hydroxyl groups excluding tert-OH is 1. The minimum Gasteiger partial charge on any atom is -0.396 e. The first-order valence-corrected chi connectivity index (χ1v) is 5.85. The van der Waals surface area contributed by atoms with E-state index in [-0.39, 0.29) is 24.5 Å². The Balaban J connectivity index is 2.48. The summed E-state index contributed by atoms with van der Waals surface area (Å²) in [6, 6.07) is 0.157. The Morgan fingerprint density at radius 3 is 2.71 bits per heavy atom. The highest BCUT2D eigenvalue weighted by molar-refractivity contribution is 9.10. The maximum Gasteiger partial charge on any atom is 0.236 e. The predicted octanol–water partition coefficient (Wildman–Crippen LogP) is 1.44. The Kier molecular flexibility index (Phi) is 3.95. The number of halogens is 1. The fourth-order valence-electron chi connectivity index (χ4n) is 1.79. The van der Waals surface area contributed by atoms with Crippen molar-refractivity contribution in [1.29, 1.82) is 0 Å². The van der Waals surface area contributed by atoms with Crippen molar-refractivity contribution >= 4 is 21.8 Å². The molecule has 0 aliphatic heterocycles. The van der Waals surface area contributed by atoms with Crippen LogP contribution in [0.3, 0.4) is 0 Å². The molecule has 0 aromatic heterocycles. The second kappa shape index (κ2) is 4.62. The fourth-order valence-corrected chi connectivity index (χ4v) is 1.90. The Hall–Kier alpha value is -0.0900. The first kappa shape index (κ1) is 12.0. The smallest absolute Gasteiger partial charge is 0.236 e. The number of amides is 1. The maximum absolute atomic E-state index is 11.6. The fraction of sp³-hybridized carbons (Fsp3) is 0.900. The molecule has 4 heteroatoms. The molecule has 14 heavy (non-hydrogen) atoms. The van der Waals surface area contributed by atoms with Crippen molar-refractivity contribution < 1.29 is 9.90 Å². The SMILES string of the molecule is CC(C)(Br)C(=O)NC1CCCC1CO. The molecule has 0 saturated heterocycles. The number of carbonyl (C=O) groups excluding carboxylic acids is 1. The van der Waals surface area contributed by atoms with Crippen molar-refractivity contribution in [2.75, 3.05) is 6.61 Å². The molecule has 2 N–H and O–H groups in total. The minimum atomic E-state index is -0.518. The Labute approximate surface area is 93.4 Å². The Morgan fingerprint density at radius 1 is 1.57 bits per heavy atom. The van der Waals surface area contributed by atoms with Crippen molar-refractivity contribution in [2.45, 2.75) is 43.5 Å². The molecule has 2 unspecified atom stereocenters. The first-order chi connectivity index (χ1) is 6.45. The molecule has 0 aromatic rings. The predicted molar refractivity (Wildman–Crippen MR) is 59.4 cm³/mol. The molecule has 0 bridgehead atoms. The van der Waals surface area contributed by atoms with Gasteiger partial charge in [0.15, 0.2) is 0 Å². The van der Waals surface area contributed by atoms with E-state index in [9.17, 15) is 4.79 Å². The normalized spacial score (nSPS) is 27.7. The topological polar surface area (TPSA) is 49.3 Å². The van der Waals surface area contributed by atoms with Gasteiger partial charge in [0.05, 0.1) is 4.32 Å². The van der Waals surface area contributed by atoms with Gasteiger partial charge < -0.3 is 10.4 Å². The highest BCUT2D eigenvalue weighted by atomic mass is 79.9. The van der Waals surface area contributed by atoms with Crippen LogP contribution in [0, 0.1) is 5.92 Å². The standard InChI is InChI=1S/C10H18BrNO2/c1-10(2,11)9(14)12-8-5-3-4-7(8)6-13/h7-8,13H,3-6H2,1-2H3,(H,12,14). The minimum absolute atomic E-state index is 0.00264. The van der Waals surface area contributed by atoms with Gasteiger partial charge in [-0.3, -0.25) is 4.79 Å². The quantitative estimate of drug-likeness (QED) is 0.758. The van der Waals surface area contributed by atoms with Crippen LogP contribution >= 0.6 is 15.9 Å². The van der Waals surface area contributed by atoms with Gasteiger partial charge in [0.25, 0.3) is 0 Å². The molecule has 0 heterocycles. The van der Waals surface area contributed by atoms with Gasteiger partial charge in [0.1, 0.15) is 0 Å². The summed E-state index contributed by atoms with van der Waals surface area (Å²) in [5, 5.41) is 12.1. The van der Waals surface area contributed by atoms with Crippen molar-refractivity contribution in [3.8, 4) is 0 Å². The van der Waals surface area contributed by atoms with Gasteiger partial charge >= 0.3 is 0 Å². The van der Waals surface area contributed by atoms with Crippen LogP contribution in [0.25, 0.3) is 0 Å². The van der Waals surface area contributed by atoms with Crippen LogP contribution in [0.15, 0.2) is 0 Å². The third kappa shape index (κ3) is 2.95. The highest BCUT2D eigenvalue weighted by Gasteiger charge is 2.32. The van der Waals surface area contributed by atoms with Crippen LogP contribution in [-0.2, 0) is 4.79 Å². The van der Waals surface area contributed by atoms with E-state index >= 15 is 0 Å². The van der Waals surface area contributed by atoms with E-state index in [1.165, 1.54) is 0 Å². The number of carbonyl (C=O) groups is 1. The van der Waals surface area contributed by atoms with E-state index < -0.39 is 4.32 Å². The summed E-state index contributed by atoms with van der Waals surface area (Å²) in [6.07, 6.45) is 3.10. The lowest BCUT2D eigenvalue weighted by atomic mass is 10.0. The highest BCUT2D eigenvalue weighted by Crippen LogP contribution is 2.26. The molecule has 1 rings (SSSR count). The zero-order chi connectivity index (χ0) is 10.8. The lowest BCUT2D eigenvalue weighted by Gasteiger charge is -2.23. The number of hydrogen-bond donors (Lipinski definition) is 2. The molecule has 1 saturated carbocycles. The van der Waals surface area contributed by atoms with Crippen molar-refractivity contribution in [2.24, 2.45) is 5.92 Å². The van der Waals surface area contributed by atoms with Crippen LogP contribution in [0.1, 0.15) is 33.1 Å². The Bertz CT molecular complexity index is 213. The van der Waals surface area contributed by atoms with Crippen molar-refractivity contribution in [3.63, 3.8) is 0 Å². The largest absolute Gasteiger partial charge is 0.396 e. The lowest BCUT2D eigenvalue weighted by molar-refractivity contribution is -0.123. The van der Waals surface area contributed by atoms with E-state index in [1.54, 1.807) is 0 Å². The monoisotopic (exact) mass is 263 g/mol. The van der Waals surface area contributed by atoms with Gasteiger partial charge in [-0.05, 0) is 26.7 Å². The average Bonchev–Trinajstić information content (AvgIpc) is 2.50. The lowest BCUT2D eigenvalue weighted by Crippen LogP contribution is -2.45. The van der Waals surface area contributed by atoms with Crippen LogP contribution < -0.4 is 5.32 Å². The molecule has 1 amide bonds. The van der Waals surface area contributed by atoms with Gasteiger partial charge in [-0.1, -0.05) is 22.4 Å². The van der Waals surface area contributed by atoms with Gasteiger partial charge in [-0.25, -0.2) is 0 Å². The number of aliphatic hydroxyl groups is 1. The van der Waals surface area contributed by atoms with Gasteiger partial charge in [0.2, 0.25) is 5.91 Å².